The van der Waals surface area contributed by atoms with E-state index in [2.05, 4.69) is 6.92 Å². The van der Waals surface area contributed by atoms with Crippen LogP contribution in [-0.2, 0) is 25.7 Å². The smallest absolute Gasteiger partial charge is 0.306 e. The van der Waals surface area contributed by atoms with Crippen molar-refractivity contribution >= 4 is 11.9 Å². The number of unbranched alkanes of at least 4 members (excludes halogenated alkanes) is 4. The van der Waals surface area contributed by atoms with Crippen molar-refractivity contribution in [3.8, 4) is 0 Å². The third-order valence-corrected chi connectivity index (χ3v) is 3.79. The predicted octanol–water partition coefficient (Wildman–Crippen LogP) is 4.83. The number of hydrogen-bond acceptors (Lipinski definition) is 4. The summed E-state index contributed by atoms with van der Waals surface area (Å²) in [5, 5.41) is 0. The third kappa shape index (κ3) is 8.36. The summed E-state index contributed by atoms with van der Waals surface area (Å²) in [7, 11) is 0. The van der Waals surface area contributed by atoms with Crippen LogP contribution in [0.25, 0.3) is 0 Å². The molecule has 0 atom stereocenters. The van der Waals surface area contributed by atoms with Crippen molar-refractivity contribution in [2.24, 2.45) is 0 Å². The molecule has 0 amide bonds. The van der Waals surface area contributed by atoms with Gasteiger partial charge in [0, 0.05) is 12.8 Å². The van der Waals surface area contributed by atoms with Crippen LogP contribution in [0.2, 0.25) is 0 Å². The molecular formula is C19H25F3O4. The Kier molecular flexibility index (Phi) is 10.4. The first-order valence-corrected chi connectivity index (χ1v) is 8.89. The molecule has 0 spiro atoms. The Morgan fingerprint density at radius 2 is 1.46 bits per heavy atom. The second-order valence-electron chi connectivity index (χ2n) is 5.97. The van der Waals surface area contributed by atoms with Crippen molar-refractivity contribution in [1.82, 2.24) is 0 Å². The van der Waals surface area contributed by atoms with Gasteiger partial charge in [-0.25, -0.2) is 13.2 Å². The fourth-order valence-corrected chi connectivity index (χ4v) is 2.27. The minimum Gasteiger partial charge on any atom is -0.466 e. The van der Waals surface area contributed by atoms with Crippen molar-refractivity contribution in [3.05, 3.63) is 35.1 Å². The highest BCUT2D eigenvalue weighted by Crippen LogP contribution is 2.17. The van der Waals surface area contributed by atoms with Crippen molar-refractivity contribution in [3.63, 3.8) is 0 Å². The predicted molar refractivity (Wildman–Crippen MR) is 89.7 cm³/mol. The van der Waals surface area contributed by atoms with Gasteiger partial charge in [-0.15, -0.1) is 0 Å². The van der Waals surface area contributed by atoms with E-state index in [-0.39, 0.29) is 19.3 Å². The number of carbonyl (C=O) groups excluding carboxylic acids is 2. The normalized spacial score (nSPS) is 10.6. The molecule has 146 valence electrons. The van der Waals surface area contributed by atoms with Crippen LogP contribution < -0.4 is 0 Å². The van der Waals surface area contributed by atoms with Crippen molar-refractivity contribution in [2.75, 3.05) is 6.61 Å². The highest BCUT2D eigenvalue weighted by atomic mass is 19.2. The molecular weight excluding hydrogens is 349 g/mol. The van der Waals surface area contributed by atoms with Gasteiger partial charge < -0.3 is 9.47 Å². The molecule has 7 heteroatoms. The van der Waals surface area contributed by atoms with E-state index in [9.17, 15) is 22.8 Å². The van der Waals surface area contributed by atoms with Gasteiger partial charge in [-0.3, -0.25) is 9.59 Å². The van der Waals surface area contributed by atoms with Crippen LogP contribution in [0.15, 0.2) is 12.1 Å². The molecule has 1 rings (SSSR count). The summed E-state index contributed by atoms with van der Waals surface area (Å²) in [5.41, 5.74) is -0.638. The first-order chi connectivity index (χ1) is 12.5. The lowest BCUT2D eigenvalue weighted by Gasteiger charge is -2.08. The molecule has 0 unspecified atom stereocenters. The van der Waals surface area contributed by atoms with E-state index in [0.29, 0.717) is 12.7 Å². The van der Waals surface area contributed by atoms with Gasteiger partial charge in [0.05, 0.1) is 12.2 Å². The van der Waals surface area contributed by atoms with Gasteiger partial charge in [0.2, 0.25) is 0 Å². The Morgan fingerprint density at radius 1 is 0.846 bits per heavy atom. The Bertz CT molecular complexity index is 590. The molecule has 0 saturated carbocycles. The molecule has 0 bridgehead atoms. The molecule has 0 heterocycles. The van der Waals surface area contributed by atoms with Gasteiger partial charge in [-0.1, -0.05) is 32.6 Å². The highest BCUT2D eigenvalue weighted by Gasteiger charge is 2.16. The summed E-state index contributed by atoms with van der Waals surface area (Å²) in [4.78, 5) is 23.1. The van der Waals surface area contributed by atoms with Crippen LogP contribution in [0, 0.1) is 17.5 Å². The van der Waals surface area contributed by atoms with Crippen LogP contribution in [-0.4, -0.2) is 18.5 Å². The molecule has 0 aliphatic heterocycles. The van der Waals surface area contributed by atoms with E-state index in [4.69, 9.17) is 9.47 Å². The number of hydrogen-bond donors (Lipinski definition) is 0. The van der Waals surface area contributed by atoms with Crippen molar-refractivity contribution in [1.29, 1.82) is 0 Å². The van der Waals surface area contributed by atoms with Gasteiger partial charge in [0.1, 0.15) is 12.4 Å². The monoisotopic (exact) mass is 374 g/mol. The maximum Gasteiger partial charge on any atom is 0.306 e. The Balaban J connectivity index is 2.17. The van der Waals surface area contributed by atoms with E-state index in [1.807, 2.05) is 0 Å². The Hall–Kier alpha value is -2.05. The second-order valence-corrected chi connectivity index (χ2v) is 5.97. The fourth-order valence-electron chi connectivity index (χ4n) is 2.27. The zero-order chi connectivity index (χ0) is 19.4. The number of esters is 2. The molecule has 4 nitrogen and oxygen atoms in total. The molecule has 1 aromatic carbocycles. The van der Waals surface area contributed by atoms with E-state index in [0.717, 1.165) is 31.7 Å². The van der Waals surface area contributed by atoms with Crippen LogP contribution in [0.1, 0.15) is 63.9 Å². The van der Waals surface area contributed by atoms with Crippen LogP contribution >= 0.6 is 0 Å². The average molecular weight is 374 g/mol. The average Bonchev–Trinajstić information content (AvgIpc) is 2.61. The summed E-state index contributed by atoms with van der Waals surface area (Å²) >= 11 is 0. The minimum atomic E-state index is -1.37. The zero-order valence-electron chi connectivity index (χ0n) is 15.0. The largest absolute Gasteiger partial charge is 0.466 e. The molecule has 0 N–H and O–H groups in total. The lowest BCUT2D eigenvalue weighted by molar-refractivity contribution is -0.146. The lowest BCUT2D eigenvalue weighted by Crippen LogP contribution is -2.10. The molecule has 0 aromatic heterocycles. The number of carbonyl (C=O) groups is 2. The van der Waals surface area contributed by atoms with E-state index in [1.54, 1.807) is 0 Å². The number of benzene rings is 1. The van der Waals surface area contributed by atoms with Gasteiger partial charge in [-0.2, -0.15) is 0 Å². The SMILES string of the molecule is CCCCCCCOC(=O)CCCC(=O)OCc1c(F)ccc(F)c1F. The van der Waals surface area contributed by atoms with E-state index in [1.165, 1.54) is 6.42 Å². The lowest BCUT2D eigenvalue weighted by atomic mass is 10.2. The van der Waals surface area contributed by atoms with E-state index < -0.39 is 41.6 Å². The maximum atomic E-state index is 13.4. The molecule has 0 aliphatic rings. The van der Waals surface area contributed by atoms with Gasteiger partial charge in [0.25, 0.3) is 0 Å². The topological polar surface area (TPSA) is 52.6 Å². The van der Waals surface area contributed by atoms with Crippen LogP contribution in [0.5, 0.6) is 0 Å². The van der Waals surface area contributed by atoms with Gasteiger partial charge in [0.15, 0.2) is 11.6 Å². The summed E-state index contributed by atoms with van der Waals surface area (Å²) in [5.74, 6) is -4.69. The fraction of sp³-hybridized carbons (Fsp3) is 0.579. The molecule has 1 aromatic rings. The molecule has 26 heavy (non-hydrogen) atoms. The van der Waals surface area contributed by atoms with Crippen LogP contribution in [0.3, 0.4) is 0 Å². The molecule has 0 aliphatic carbocycles. The van der Waals surface area contributed by atoms with E-state index >= 15 is 0 Å². The van der Waals surface area contributed by atoms with Gasteiger partial charge in [-0.05, 0) is 25.0 Å². The van der Waals surface area contributed by atoms with Crippen molar-refractivity contribution in [2.45, 2.75) is 64.9 Å². The summed E-state index contributed by atoms with van der Waals surface area (Å²) in [6.07, 6.45) is 5.44. The molecule has 0 saturated heterocycles. The first-order valence-electron chi connectivity index (χ1n) is 8.89. The molecule has 0 radical (unpaired) electrons. The van der Waals surface area contributed by atoms with Gasteiger partial charge >= 0.3 is 11.9 Å². The maximum absolute atomic E-state index is 13.4. The Morgan fingerprint density at radius 3 is 2.15 bits per heavy atom. The van der Waals surface area contributed by atoms with Crippen LogP contribution in [0.4, 0.5) is 13.2 Å². The third-order valence-electron chi connectivity index (χ3n) is 3.79. The molecule has 0 fully saturated rings. The zero-order valence-corrected chi connectivity index (χ0v) is 15.0. The van der Waals surface area contributed by atoms with Crippen molar-refractivity contribution < 1.29 is 32.2 Å². The Labute approximate surface area is 151 Å². The number of ether oxygens (including phenoxy) is 2. The second kappa shape index (κ2) is 12.3. The number of halogens is 3. The first kappa shape index (κ1) is 22.0. The quantitative estimate of drug-likeness (QED) is 0.299. The highest BCUT2D eigenvalue weighted by molar-refractivity contribution is 5.72. The standard InChI is InChI=1S/C19H25F3O4/c1-2-3-4-5-6-12-25-17(23)8-7-9-18(24)26-13-14-15(20)10-11-16(21)19(14)22/h10-11H,2-9,12-13H2,1H3. The summed E-state index contributed by atoms with van der Waals surface area (Å²) < 4.78 is 49.6. The summed E-state index contributed by atoms with van der Waals surface area (Å²) in [6, 6.07) is 1.42. The summed E-state index contributed by atoms with van der Waals surface area (Å²) in [6.45, 7) is 1.79. The minimum absolute atomic E-state index is 0.0622. The number of rotatable bonds is 12.